The first-order valence-electron chi connectivity index (χ1n) is 5.50. The van der Waals surface area contributed by atoms with Gasteiger partial charge >= 0.3 is 0 Å². The maximum Gasteiger partial charge on any atom is 0.121 e. The summed E-state index contributed by atoms with van der Waals surface area (Å²) in [4.78, 5) is 2.27. The number of ether oxygens (including phenoxy) is 2. The number of hydrogen-bond donors (Lipinski definition) is 1. The van der Waals surface area contributed by atoms with Crippen molar-refractivity contribution in [2.24, 2.45) is 0 Å². The number of methoxy groups -OCH3 is 1. The van der Waals surface area contributed by atoms with Crippen molar-refractivity contribution < 1.29 is 9.47 Å². The topological polar surface area (TPSA) is 47.7 Å². The van der Waals surface area contributed by atoms with Crippen LogP contribution in [0.25, 0.3) is 0 Å². The SMILES string of the molecule is COc1ccc(N)c(N2CCOCC2C)c1. The number of nitrogens with zero attached hydrogens (tertiary/aromatic N) is 1. The maximum absolute atomic E-state index is 6.00. The maximum atomic E-state index is 6.00. The van der Waals surface area contributed by atoms with E-state index in [2.05, 4.69) is 11.8 Å². The first kappa shape index (κ1) is 11.1. The van der Waals surface area contributed by atoms with Crippen molar-refractivity contribution >= 4 is 11.4 Å². The van der Waals surface area contributed by atoms with Gasteiger partial charge in [0.15, 0.2) is 0 Å². The molecular formula is C12H18N2O2. The fourth-order valence-corrected chi connectivity index (χ4v) is 1.98. The molecule has 1 atom stereocenters. The molecule has 1 aromatic carbocycles. The normalized spacial score (nSPS) is 20.9. The van der Waals surface area contributed by atoms with E-state index in [0.29, 0.717) is 6.04 Å². The van der Waals surface area contributed by atoms with Crippen LogP contribution >= 0.6 is 0 Å². The van der Waals surface area contributed by atoms with E-state index in [1.54, 1.807) is 7.11 Å². The van der Waals surface area contributed by atoms with Crippen LogP contribution in [0.3, 0.4) is 0 Å². The van der Waals surface area contributed by atoms with Crippen molar-refractivity contribution in [2.75, 3.05) is 37.5 Å². The van der Waals surface area contributed by atoms with Crippen LogP contribution in [0.2, 0.25) is 0 Å². The van der Waals surface area contributed by atoms with Crippen LogP contribution in [0, 0.1) is 0 Å². The Morgan fingerprint density at radius 3 is 3.00 bits per heavy atom. The molecule has 0 amide bonds. The Labute approximate surface area is 95.9 Å². The van der Waals surface area contributed by atoms with Crippen molar-refractivity contribution in [1.29, 1.82) is 0 Å². The van der Waals surface area contributed by atoms with Gasteiger partial charge < -0.3 is 20.1 Å². The minimum absolute atomic E-state index is 0.350. The Bertz CT molecular complexity index is 368. The summed E-state index contributed by atoms with van der Waals surface area (Å²) in [6.45, 7) is 4.51. The van der Waals surface area contributed by atoms with Gasteiger partial charge in [0, 0.05) is 18.7 Å². The zero-order valence-electron chi connectivity index (χ0n) is 9.77. The first-order chi connectivity index (χ1) is 7.72. The largest absolute Gasteiger partial charge is 0.497 e. The number of nitrogens with two attached hydrogens (primary N) is 1. The molecule has 0 radical (unpaired) electrons. The summed E-state index contributed by atoms with van der Waals surface area (Å²) in [7, 11) is 1.66. The van der Waals surface area contributed by atoms with Crippen LogP contribution in [-0.4, -0.2) is 32.9 Å². The fraction of sp³-hybridized carbons (Fsp3) is 0.500. The third kappa shape index (κ3) is 2.07. The number of anilines is 2. The van der Waals surface area contributed by atoms with Gasteiger partial charge in [0.2, 0.25) is 0 Å². The Kier molecular flexibility index (Phi) is 3.19. The average molecular weight is 222 g/mol. The molecule has 0 aromatic heterocycles. The van der Waals surface area contributed by atoms with Crippen molar-refractivity contribution in [3.8, 4) is 5.75 Å². The van der Waals surface area contributed by atoms with Crippen LogP contribution in [0.15, 0.2) is 18.2 Å². The molecule has 1 aliphatic rings. The van der Waals surface area contributed by atoms with Gasteiger partial charge in [-0.3, -0.25) is 0 Å². The van der Waals surface area contributed by atoms with Crippen molar-refractivity contribution in [3.63, 3.8) is 0 Å². The van der Waals surface area contributed by atoms with Gasteiger partial charge in [0.1, 0.15) is 5.75 Å². The number of nitrogen functional groups attached to an aromatic ring is 1. The van der Waals surface area contributed by atoms with Crippen LogP contribution in [0.5, 0.6) is 5.75 Å². The van der Waals surface area contributed by atoms with E-state index in [0.717, 1.165) is 36.9 Å². The predicted molar refractivity (Wildman–Crippen MR) is 65.0 cm³/mol. The summed E-state index contributed by atoms with van der Waals surface area (Å²) in [5, 5.41) is 0. The molecule has 1 aromatic rings. The molecular weight excluding hydrogens is 204 g/mol. The minimum atomic E-state index is 0.350. The van der Waals surface area contributed by atoms with Gasteiger partial charge in [-0.05, 0) is 19.1 Å². The van der Waals surface area contributed by atoms with Crippen LogP contribution < -0.4 is 15.4 Å². The number of benzene rings is 1. The lowest BCUT2D eigenvalue weighted by Crippen LogP contribution is -2.44. The monoisotopic (exact) mass is 222 g/mol. The average Bonchev–Trinajstić information content (AvgIpc) is 2.31. The molecule has 0 aliphatic carbocycles. The lowest BCUT2D eigenvalue weighted by molar-refractivity contribution is 0.0990. The lowest BCUT2D eigenvalue weighted by atomic mass is 10.1. The zero-order chi connectivity index (χ0) is 11.5. The van der Waals surface area contributed by atoms with Crippen molar-refractivity contribution in [2.45, 2.75) is 13.0 Å². The van der Waals surface area contributed by atoms with E-state index in [4.69, 9.17) is 15.2 Å². The molecule has 88 valence electrons. The van der Waals surface area contributed by atoms with Crippen molar-refractivity contribution in [3.05, 3.63) is 18.2 Å². The van der Waals surface area contributed by atoms with E-state index in [-0.39, 0.29) is 0 Å². The van der Waals surface area contributed by atoms with E-state index < -0.39 is 0 Å². The van der Waals surface area contributed by atoms with E-state index >= 15 is 0 Å². The second kappa shape index (κ2) is 4.61. The lowest BCUT2D eigenvalue weighted by Gasteiger charge is -2.36. The summed E-state index contributed by atoms with van der Waals surface area (Å²) in [6.07, 6.45) is 0. The smallest absolute Gasteiger partial charge is 0.121 e. The minimum Gasteiger partial charge on any atom is -0.497 e. The van der Waals surface area contributed by atoms with Gasteiger partial charge in [-0.1, -0.05) is 0 Å². The summed E-state index contributed by atoms with van der Waals surface area (Å²) >= 11 is 0. The van der Waals surface area contributed by atoms with Crippen LogP contribution in [0.1, 0.15) is 6.92 Å². The third-order valence-electron chi connectivity index (χ3n) is 2.91. The summed E-state index contributed by atoms with van der Waals surface area (Å²) in [5.41, 5.74) is 7.82. The molecule has 4 heteroatoms. The second-order valence-electron chi connectivity index (χ2n) is 4.04. The molecule has 1 unspecified atom stereocenters. The number of hydrogen-bond acceptors (Lipinski definition) is 4. The fourth-order valence-electron chi connectivity index (χ4n) is 1.98. The number of morpholine rings is 1. The molecule has 1 aliphatic heterocycles. The van der Waals surface area contributed by atoms with Gasteiger partial charge in [-0.2, -0.15) is 0 Å². The van der Waals surface area contributed by atoms with Crippen LogP contribution in [0.4, 0.5) is 11.4 Å². The van der Waals surface area contributed by atoms with Gasteiger partial charge in [-0.15, -0.1) is 0 Å². The Balaban J connectivity index is 2.30. The molecule has 1 saturated heterocycles. The third-order valence-corrected chi connectivity index (χ3v) is 2.91. The van der Waals surface area contributed by atoms with Crippen molar-refractivity contribution in [1.82, 2.24) is 0 Å². The molecule has 0 saturated carbocycles. The van der Waals surface area contributed by atoms with E-state index in [1.165, 1.54) is 0 Å². The second-order valence-corrected chi connectivity index (χ2v) is 4.04. The number of rotatable bonds is 2. The Morgan fingerprint density at radius 1 is 1.50 bits per heavy atom. The highest BCUT2D eigenvalue weighted by Gasteiger charge is 2.21. The molecule has 2 N–H and O–H groups in total. The standard InChI is InChI=1S/C12H18N2O2/c1-9-8-16-6-5-14(9)12-7-10(15-2)3-4-11(12)13/h3-4,7,9H,5-6,8,13H2,1-2H3. The summed E-state index contributed by atoms with van der Waals surface area (Å²) < 4.78 is 10.6. The molecule has 1 heterocycles. The summed E-state index contributed by atoms with van der Waals surface area (Å²) in [5.74, 6) is 0.836. The van der Waals surface area contributed by atoms with Crippen LogP contribution in [-0.2, 0) is 4.74 Å². The molecule has 1 fully saturated rings. The Morgan fingerprint density at radius 2 is 2.31 bits per heavy atom. The zero-order valence-corrected chi connectivity index (χ0v) is 9.77. The highest BCUT2D eigenvalue weighted by Crippen LogP contribution is 2.30. The highest BCUT2D eigenvalue weighted by atomic mass is 16.5. The summed E-state index contributed by atoms with van der Waals surface area (Å²) in [6, 6.07) is 6.10. The van der Waals surface area contributed by atoms with Gasteiger partial charge in [0.25, 0.3) is 0 Å². The first-order valence-corrected chi connectivity index (χ1v) is 5.50. The van der Waals surface area contributed by atoms with Gasteiger partial charge in [0.05, 0.1) is 31.7 Å². The molecule has 16 heavy (non-hydrogen) atoms. The van der Waals surface area contributed by atoms with Gasteiger partial charge in [-0.25, -0.2) is 0 Å². The Hall–Kier alpha value is -1.42. The highest BCUT2D eigenvalue weighted by molar-refractivity contribution is 5.70. The molecule has 2 rings (SSSR count). The quantitative estimate of drug-likeness (QED) is 0.770. The van der Waals surface area contributed by atoms with E-state index in [1.807, 2.05) is 18.2 Å². The molecule has 0 bridgehead atoms. The van der Waals surface area contributed by atoms with E-state index in [9.17, 15) is 0 Å². The molecule has 4 nitrogen and oxygen atoms in total. The molecule has 0 spiro atoms. The predicted octanol–water partition coefficient (Wildman–Crippen LogP) is 1.50.